The molecule has 0 aromatic heterocycles. The van der Waals surface area contributed by atoms with Gasteiger partial charge in [-0.05, 0) is 50.4 Å². The minimum absolute atomic E-state index is 0.0279. The van der Waals surface area contributed by atoms with Crippen LogP contribution in [0, 0.1) is 5.41 Å². The molecule has 180 valence electrons. The van der Waals surface area contributed by atoms with Crippen LogP contribution in [0.3, 0.4) is 0 Å². The largest absolute Gasteiger partial charge is 0.497 e. The van der Waals surface area contributed by atoms with Crippen LogP contribution in [0.4, 0.5) is 5.69 Å². The molecular weight excluding hydrogens is 424 g/mol. The fourth-order valence-electron chi connectivity index (χ4n) is 8.16. The third kappa shape index (κ3) is 2.54. The maximum absolute atomic E-state index is 13.5. The Bertz CT molecular complexity index is 999. The summed E-state index contributed by atoms with van der Waals surface area (Å²) in [5.41, 5.74) is -1.06. The first-order valence-electron chi connectivity index (χ1n) is 11.9. The summed E-state index contributed by atoms with van der Waals surface area (Å²) in [7, 11) is 4.82. The molecule has 1 aliphatic carbocycles. The van der Waals surface area contributed by atoms with E-state index in [1.807, 2.05) is 24.1 Å². The summed E-state index contributed by atoms with van der Waals surface area (Å²) in [5, 5.41) is 12.5. The smallest absolute Gasteiger partial charge is 0.344 e. The van der Waals surface area contributed by atoms with Gasteiger partial charge in [-0.2, -0.15) is 0 Å². The first kappa shape index (κ1) is 22.5. The summed E-state index contributed by atoms with van der Waals surface area (Å²) in [5.74, 6) is -0.535. The summed E-state index contributed by atoms with van der Waals surface area (Å²) in [6.45, 7) is 5.25. The molecule has 0 radical (unpaired) electrons. The molecule has 3 aliphatic heterocycles. The molecule has 3 heterocycles. The minimum atomic E-state index is -2.03. The average Bonchev–Trinajstić information content (AvgIpc) is 3.32. The fourth-order valence-corrected chi connectivity index (χ4v) is 8.16. The maximum atomic E-state index is 13.5. The van der Waals surface area contributed by atoms with Crippen molar-refractivity contribution in [2.45, 2.75) is 68.7 Å². The van der Waals surface area contributed by atoms with Gasteiger partial charge in [0.1, 0.15) is 5.75 Å². The van der Waals surface area contributed by atoms with Gasteiger partial charge in [0.05, 0.1) is 20.3 Å². The number of piperidine rings is 1. The summed E-state index contributed by atoms with van der Waals surface area (Å²) in [6, 6.07) is 5.41. The van der Waals surface area contributed by atoms with Crippen molar-refractivity contribution in [3.63, 3.8) is 0 Å². The Morgan fingerprint density at radius 2 is 1.94 bits per heavy atom. The molecule has 1 saturated carbocycles. The van der Waals surface area contributed by atoms with Gasteiger partial charge in [-0.1, -0.05) is 13.0 Å². The van der Waals surface area contributed by atoms with Crippen molar-refractivity contribution in [3.05, 3.63) is 23.8 Å². The van der Waals surface area contributed by atoms with Gasteiger partial charge in [0, 0.05) is 42.6 Å². The lowest BCUT2D eigenvalue weighted by Crippen LogP contribution is -2.82. The Hall–Kier alpha value is -2.32. The number of aliphatic hydroxyl groups is 1. The van der Waals surface area contributed by atoms with E-state index >= 15 is 0 Å². The van der Waals surface area contributed by atoms with E-state index in [0.717, 1.165) is 43.6 Å². The van der Waals surface area contributed by atoms with Gasteiger partial charge in [0.25, 0.3) is 0 Å². The molecule has 4 aliphatic rings. The number of methoxy groups -OCH3 is 2. The number of hydrogen-bond acceptors (Lipinski definition) is 8. The van der Waals surface area contributed by atoms with Crippen molar-refractivity contribution in [2.24, 2.45) is 5.41 Å². The zero-order valence-electron chi connectivity index (χ0n) is 20.1. The van der Waals surface area contributed by atoms with Crippen LogP contribution in [0.1, 0.15) is 45.1 Å². The van der Waals surface area contributed by atoms with E-state index in [1.54, 1.807) is 7.11 Å². The van der Waals surface area contributed by atoms with E-state index < -0.39 is 40.5 Å². The van der Waals surface area contributed by atoms with Crippen LogP contribution in [-0.4, -0.2) is 80.1 Å². The normalized spacial score (nSPS) is 38.8. The van der Waals surface area contributed by atoms with E-state index in [2.05, 4.69) is 17.9 Å². The van der Waals surface area contributed by atoms with Crippen LogP contribution >= 0.6 is 0 Å². The Balaban J connectivity index is 1.84. The summed E-state index contributed by atoms with van der Waals surface area (Å²) in [6.07, 6.45) is 2.16. The lowest BCUT2D eigenvalue weighted by molar-refractivity contribution is -0.242. The number of nitrogens with zero attached hydrogens (tertiary/aromatic N) is 2. The zero-order valence-corrected chi connectivity index (χ0v) is 20.1. The number of benzene rings is 1. The van der Waals surface area contributed by atoms with Gasteiger partial charge in [0.2, 0.25) is 5.60 Å². The standard InChI is InChI=1S/C25H34N2O6/c1-6-23-10-7-12-27-13-11-24(19(23)27)17-9-8-16(31-4)14-18(17)26(3)20(24)25(30,22(29)32-5)21(23)33-15(2)28/h8-9,14,19-21,30H,6-7,10-13H2,1-5H3/t19-,20?,21+,23+,24+,25-/m0/s1. The highest BCUT2D eigenvalue weighted by atomic mass is 16.6. The number of rotatable bonds is 4. The van der Waals surface area contributed by atoms with E-state index in [0.29, 0.717) is 12.2 Å². The molecule has 1 spiro atoms. The van der Waals surface area contributed by atoms with Crippen molar-refractivity contribution in [1.29, 1.82) is 0 Å². The maximum Gasteiger partial charge on any atom is 0.344 e. The topological polar surface area (TPSA) is 88.5 Å². The molecule has 5 rings (SSSR count). The zero-order chi connectivity index (χ0) is 23.8. The predicted molar refractivity (Wildman–Crippen MR) is 121 cm³/mol. The summed E-state index contributed by atoms with van der Waals surface area (Å²) < 4.78 is 16.7. The number of esters is 2. The minimum Gasteiger partial charge on any atom is -0.497 e. The molecular formula is C25H34N2O6. The highest BCUT2D eigenvalue weighted by molar-refractivity contribution is 5.86. The molecule has 0 amide bonds. The number of hydrogen-bond donors (Lipinski definition) is 1. The molecule has 0 bridgehead atoms. The predicted octanol–water partition coefficient (Wildman–Crippen LogP) is 1.87. The van der Waals surface area contributed by atoms with Gasteiger partial charge in [-0.15, -0.1) is 0 Å². The molecule has 6 atom stereocenters. The number of ether oxygens (including phenoxy) is 3. The van der Waals surface area contributed by atoms with Gasteiger partial charge in [-0.25, -0.2) is 4.79 Å². The van der Waals surface area contributed by atoms with Crippen LogP contribution in [0.2, 0.25) is 0 Å². The second kappa shape index (κ2) is 7.34. The van der Waals surface area contributed by atoms with Crippen LogP contribution in [0.5, 0.6) is 5.75 Å². The Morgan fingerprint density at radius 1 is 1.18 bits per heavy atom. The third-order valence-electron chi connectivity index (χ3n) is 9.05. The molecule has 2 saturated heterocycles. The first-order valence-corrected chi connectivity index (χ1v) is 11.9. The molecule has 3 fully saturated rings. The number of carbonyl (C=O) groups excluding carboxylic acids is 2. The fraction of sp³-hybridized carbons (Fsp3) is 0.680. The Labute approximate surface area is 194 Å². The van der Waals surface area contributed by atoms with E-state index in [4.69, 9.17) is 14.2 Å². The molecule has 1 aromatic rings. The van der Waals surface area contributed by atoms with Crippen LogP contribution in [0.15, 0.2) is 18.2 Å². The van der Waals surface area contributed by atoms with Crippen molar-refractivity contribution in [1.82, 2.24) is 4.90 Å². The van der Waals surface area contributed by atoms with Crippen LogP contribution < -0.4 is 9.64 Å². The van der Waals surface area contributed by atoms with Gasteiger partial charge < -0.3 is 24.2 Å². The van der Waals surface area contributed by atoms with Crippen molar-refractivity contribution in [3.8, 4) is 5.75 Å². The highest BCUT2D eigenvalue weighted by Crippen LogP contribution is 2.68. The number of anilines is 1. The van der Waals surface area contributed by atoms with Crippen molar-refractivity contribution >= 4 is 17.6 Å². The Kier molecular flexibility index (Phi) is 5.00. The Morgan fingerprint density at radius 3 is 2.58 bits per heavy atom. The quantitative estimate of drug-likeness (QED) is 0.684. The third-order valence-corrected chi connectivity index (χ3v) is 9.05. The SMILES string of the molecule is CC[C@]12CCCN3CC[C@@]4(c5ccc(OC)cc5N(C)C4[C@@](O)(C(=O)OC)[C@@H]1OC(C)=O)[C@@H]32. The van der Waals surface area contributed by atoms with Crippen molar-refractivity contribution < 1.29 is 28.9 Å². The number of fused-ring (bicyclic) bond motifs is 1. The molecule has 1 aromatic carbocycles. The highest BCUT2D eigenvalue weighted by Gasteiger charge is 2.80. The molecule has 1 unspecified atom stereocenters. The second-order valence-electron chi connectivity index (χ2n) is 10.1. The summed E-state index contributed by atoms with van der Waals surface area (Å²) >= 11 is 0. The number of likely N-dealkylation sites (N-methyl/N-ethyl adjacent to an activating group) is 1. The van der Waals surface area contributed by atoms with E-state index in [9.17, 15) is 14.7 Å². The van der Waals surface area contributed by atoms with Gasteiger partial charge in [-0.3, -0.25) is 9.69 Å². The lowest BCUT2D eigenvalue weighted by atomic mass is 9.46. The second-order valence-corrected chi connectivity index (χ2v) is 10.1. The molecule has 8 heteroatoms. The van der Waals surface area contributed by atoms with E-state index in [-0.39, 0.29) is 6.04 Å². The monoisotopic (exact) mass is 458 g/mol. The lowest BCUT2D eigenvalue weighted by Gasteiger charge is -2.65. The van der Waals surface area contributed by atoms with Crippen LogP contribution in [0.25, 0.3) is 0 Å². The van der Waals surface area contributed by atoms with Crippen LogP contribution in [-0.2, 0) is 24.5 Å². The first-order chi connectivity index (χ1) is 15.7. The molecule has 1 N–H and O–H groups in total. The van der Waals surface area contributed by atoms with Crippen molar-refractivity contribution in [2.75, 3.05) is 39.3 Å². The van der Waals surface area contributed by atoms with Gasteiger partial charge >= 0.3 is 11.9 Å². The average molecular weight is 459 g/mol. The molecule has 8 nitrogen and oxygen atoms in total. The number of carbonyl (C=O) groups is 2. The van der Waals surface area contributed by atoms with E-state index in [1.165, 1.54) is 14.0 Å². The van der Waals surface area contributed by atoms with Gasteiger partial charge in [0.15, 0.2) is 6.10 Å². The summed E-state index contributed by atoms with van der Waals surface area (Å²) in [4.78, 5) is 30.4. The molecule has 33 heavy (non-hydrogen) atoms.